The Balaban J connectivity index is 2.50. The Morgan fingerprint density at radius 1 is 1.05 bits per heavy atom. The van der Waals surface area contributed by atoms with Crippen LogP contribution in [0.15, 0.2) is 39.3 Å². The Kier molecular flexibility index (Phi) is 4.61. The topological polar surface area (TPSA) is 20.2 Å². The summed E-state index contributed by atoms with van der Waals surface area (Å²) in [6.07, 6.45) is -1.42. The van der Waals surface area contributed by atoms with Crippen LogP contribution < -0.4 is 0 Å². The summed E-state index contributed by atoms with van der Waals surface area (Å²) in [6.45, 7) is 0. The maximum absolute atomic E-state index is 14.0. The van der Waals surface area contributed by atoms with Crippen LogP contribution in [0.1, 0.15) is 17.2 Å². The largest absolute Gasteiger partial charge is 0.383 e. The van der Waals surface area contributed by atoms with Crippen LogP contribution in [-0.4, -0.2) is 5.11 Å². The van der Waals surface area contributed by atoms with Gasteiger partial charge in [-0.15, -0.1) is 0 Å². The van der Waals surface area contributed by atoms with Crippen LogP contribution in [-0.2, 0) is 0 Å². The van der Waals surface area contributed by atoms with E-state index in [1.54, 1.807) is 6.07 Å². The molecule has 1 unspecified atom stereocenters. The Labute approximate surface area is 130 Å². The summed E-state index contributed by atoms with van der Waals surface area (Å²) in [7, 11) is 0. The van der Waals surface area contributed by atoms with Crippen LogP contribution in [0.25, 0.3) is 0 Å². The number of hydrogen-bond donors (Lipinski definition) is 1. The van der Waals surface area contributed by atoms with Crippen molar-refractivity contribution in [1.29, 1.82) is 0 Å². The van der Waals surface area contributed by atoms with E-state index in [-0.39, 0.29) is 16.1 Å². The highest BCUT2D eigenvalue weighted by Gasteiger charge is 2.21. The maximum atomic E-state index is 14.0. The Hall–Kier alpha value is -0.490. The first-order valence-corrected chi connectivity index (χ1v) is 7.14. The van der Waals surface area contributed by atoms with Crippen LogP contribution >= 0.6 is 43.5 Å². The molecule has 2 aromatic rings. The van der Waals surface area contributed by atoms with Crippen LogP contribution in [0, 0.1) is 11.6 Å². The molecule has 0 radical (unpaired) electrons. The molecule has 1 atom stereocenters. The number of hydrogen-bond acceptors (Lipinski definition) is 1. The van der Waals surface area contributed by atoms with E-state index in [0.717, 1.165) is 0 Å². The lowest BCUT2D eigenvalue weighted by Gasteiger charge is -2.14. The molecule has 0 saturated heterocycles. The molecular formula is C13H7Br2ClF2O. The number of aliphatic hydroxyl groups excluding tert-OH is 1. The summed E-state index contributed by atoms with van der Waals surface area (Å²) >= 11 is 11.9. The van der Waals surface area contributed by atoms with E-state index in [4.69, 9.17) is 11.6 Å². The van der Waals surface area contributed by atoms with Crippen molar-refractivity contribution in [2.24, 2.45) is 0 Å². The van der Waals surface area contributed by atoms with E-state index in [1.165, 1.54) is 24.3 Å². The molecule has 6 heteroatoms. The van der Waals surface area contributed by atoms with E-state index in [1.807, 2.05) is 0 Å². The molecule has 0 aliphatic heterocycles. The van der Waals surface area contributed by atoms with Crippen LogP contribution in [0.4, 0.5) is 8.78 Å². The van der Waals surface area contributed by atoms with Crippen LogP contribution in [0.5, 0.6) is 0 Å². The standard InChI is InChI=1S/C13H7Br2ClF2O/c14-6-1-2-7(10(17)5-6)13(19)8-3-4-9(15)11(16)12(8)18/h1-5,13,19H. The van der Waals surface area contributed by atoms with Gasteiger partial charge < -0.3 is 5.11 Å². The maximum Gasteiger partial charge on any atom is 0.149 e. The van der Waals surface area contributed by atoms with E-state index in [2.05, 4.69) is 31.9 Å². The first-order chi connectivity index (χ1) is 8.91. The molecule has 2 rings (SSSR count). The highest BCUT2D eigenvalue weighted by Crippen LogP contribution is 2.34. The van der Waals surface area contributed by atoms with Gasteiger partial charge in [-0.2, -0.15) is 0 Å². The molecule has 1 nitrogen and oxygen atoms in total. The average molecular weight is 412 g/mol. The average Bonchev–Trinajstić information content (AvgIpc) is 2.35. The molecule has 0 aliphatic rings. The Morgan fingerprint density at radius 2 is 1.68 bits per heavy atom. The van der Waals surface area contributed by atoms with Gasteiger partial charge in [0.15, 0.2) is 0 Å². The fourth-order valence-corrected chi connectivity index (χ4v) is 2.45. The zero-order chi connectivity index (χ0) is 14.2. The monoisotopic (exact) mass is 410 g/mol. The van der Waals surface area contributed by atoms with Crippen molar-refractivity contribution in [3.8, 4) is 0 Å². The normalized spacial score (nSPS) is 12.5. The van der Waals surface area contributed by atoms with Gasteiger partial charge in [0.2, 0.25) is 0 Å². The summed E-state index contributed by atoms with van der Waals surface area (Å²) in [5.41, 5.74) is -0.0880. The van der Waals surface area contributed by atoms with Crippen molar-refractivity contribution in [2.45, 2.75) is 6.10 Å². The van der Waals surface area contributed by atoms with Crippen molar-refractivity contribution < 1.29 is 13.9 Å². The summed E-state index contributed by atoms with van der Waals surface area (Å²) in [6, 6.07) is 7.02. The Morgan fingerprint density at radius 3 is 2.32 bits per heavy atom. The second-order valence-electron chi connectivity index (χ2n) is 3.83. The third-order valence-corrected chi connectivity index (χ3v) is 4.37. The van der Waals surface area contributed by atoms with Gasteiger partial charge in [-0.3, -0.25) is 0 Å². The highest BCUT2D eigenvalue weighted by atomic mass is 79.9. The molecule has 0 spiro atoms. The second kappa shape index (κ2) is 5.87. The molecule has 0 amide bonds. The van der Waals surface area contributed by atoms with E-state index < -0.39 is 17.7 Å². The fraction of sp³-hybridized carbons (Fsp3) is 0.0769. The van der Waals surface area contributed by atoms with Gasteiger partial charge in [-0.25, -0.2) is 8.78 Å². The van der Waals surface area contributed by atoms with Crippen molar-refractivity contribution in [2.75, 3.05) is 0 Å². The van der Waals surface area contributed by atoms with Crippen molar-refractivity contribution in [1.82, 2.24) is 0 Å². The molecule has 2 aromatic carbocycles. The van der Waals surface area contributed by atoms with Gasteiger partial charge in [0.1, 0.15) is 17.7 Å². The molecule has 0 aromatic heterocycles. The van der Waals surface area contributed by atoms with Crippen LogP contribution in [0.2, 0.25) is 5.02 Å². The first kappa shape index (κ1) is 14.9. The van der Waals surface area contributed by atoms with Gasteiger partial charge in [0.05, 0.1) is 5.02 Å². The third-order valence-electron chi connectivity index (χ3n) is 2.62. The molecule has 0 bridgehead atoms. The zero-order valence-corrected chi connectivity index (χ0v) is 13.2. The molecule has 0 heterocycles. The molecule has 1 N–H and O–H groups in total. The van der Waals surface area contributed by atoms with Crippen molar-refractivity contribution >= 4 is 43.5 Å². The third kappa shape index (κ3) is 2.99. The van der Waals surface area contributed by atoms with Gasteiger partial charge in [-0.05, 0) is 34.1 Å². The highest BCUT2D eigenvalue weighted by molar-refractivity contribution is 9.10. The van der Waals surface area contributed by atoms with Gasteiger partial charge >= 0.3 is 0 Å². The fourth-order valence-electron chi connectivity index (χ4n) is 1.64. The molecular weight excluding hydrogens is 405 g/mol. The van der Waals surface area contributed by atoms with E-state index >= 15 is 0 Å². The number of rotatable bonds is 2. The summed E-state index contributed by atoms with van der Waals surface area (Å²) in [5, 5.41) is 9.95. The lowest BCUT2D eigenvalue weighted by atomic mass is 10.0. The van der Waals surface area contributed by atoms with Crippen molar-refractivity contribution in [3.05, 3.63) is 67.1 Å². The Bertz CT molecular complexity index is 634. The van der Waals surface area contributed by atoms with Gasteiger partial charge in [0.25, 0.3) is 0 Å². The van der Waals surface area contributed by atoms with Gasteiger partial charge in [-0.1, -0.05) is 39.7 Å². The smallest absolute Gasteiger partial charge is 0.149 e. The van der Waals surface area contributed by atoms with E-state index in [0.29, 0.717) is 8.95 Å². The van der Waals surface area contributed by atoms with Crippen LogP contribution in [0.3, 0.4) is 0 Å². The number of aliphatic hydroxyl groups is 1. The second-order valence-corrected chi connectivity index (χ2v) is 5.98. The zero-order valence-electron chi connectivity index (χ0n) is 9.30. The SMILES string of the molecule is OC(c1ccc(Br)cc1F)c1ccc(Br)c(Cl)c1F. The number of halogens is 5. The lowest BCUT2D eigenvalue weighted by molar-refractivity contribution is 0.209. The lowest BCUT2D eigenvalue weighted by Crippen LogP contribution is -2.05. The van der Waals surface area contributed by atoms with E-state index in [9.17, 15) is 13.9 Å². The quantitative estimate of drug-likeness (QED) is 0.670. The first-order valence-electron chi connectivity index (χ1n) is 5.18. The summed E-state index contributed by atoms with van der Waals surface area (Å²) in [5.74, 6) is -1.40. The molecule has 100 valence electrons. The molecule has 0 aliphatic carbocycles. The summed E-state index contributed by atoms with van der Waals surface area (Å²) < 4.78 is 28.6. The number of benzene rings is 2. The van der Waals surface area contributed by atoms with Crippen molar-refractivity contribution in [3.63, 3.8) is 0 Å². The minimum absolute atomic E-state index is 0.0134. The molecule has 19 heavy (non-hydrogen) atoms. The molecule has 0 fully saturated rings. The minimum atomic E-state index is -1.42. The summed E-state index contributed by atoms with van der Waals surface area (Å²) in [4.78, 5) is 0. The minimum Gasteiger partial charge on any atom is -0.383 e. The predicted molar refractivity (Wildman–Crippen MR) is 77.3 cm³/mol. The predicted octanol–water partition coefficient (Wildman–Crippen LogP) is 5.22. The molecule has 0 saturated carbocycles. The van der Waals surface area contributed by atoms with Gasteiger partial charge in [0, 0.05) is 20.1 Å².